The van der Waals surface area contributed by atoms with Crippen LogP contribution in [0.4, 0.5) is 5.82 Å². The molecule has 2 aromatic rings. The topological polar surface area (TPSA) is 96.5 Å². The monoisotopic (exact) mass is 413 g/mol. The van der Waals surface area contributed by atoms with Gasteiger partial charge in [-0.1, -0.05) is 37.1 Å². The lowest BCUT2D eigenvalue weighted by molar-refractivity contribution is -0.389. The van der Waals surface area contributed by atoms with Gasteiger partial charge in [0.25, 0.3) is 0 Å². The van der Waals surface area contributed by atoms with Crippen molar-refractivity contribution in [1.29, 1.82) is 0 Å². The molecule has 2 aliphatic rings. The first-order valence-electron chi connectivity index (χ1n) is 11.0. The van der Waals surface area contributed by atoms with Gasteiger partial charge in [-0.3, -0.25) is 4.90 Å². The van der Waals surface area contributed by atoms with Crippen LogP contribution < -0.4 is 5.32 Å². The minimum absolute atomic E-state index is 0.0867. The van der Waals surface area contributed by atoms with Crippen LogP contribution in [0.25, 0.3) is 0 Å². The van der Waals surface area contributed by atoms with Gasteiger partial charge < -0.3 is 20.5 Å². The summed E-state index contributed by atoms with van der Waals surface area (Å²) in [6.07, 6.45) is 7.59. The number of hydrogen-bond acceptors (Lipinski definition) is 6. The molecule has 0 unspecified atom stereocenters. The zero-order valence-corrected chi connectivity index (χ0v) is 17.3. The first-order valence-corrected chi connectivity index (χ1v) is 11.0. The molecule has 1 aromatic carbocycles. The van der Waals surface area contributed by atoms with Gasteiger partial charge >= 0.3 is 5.82 Å². The van der Waals surface area contributed by atoms with Crippen LogP contribution in [0.2, 0.25) is 0 Å². The molecule has 1 aromatic heterocycles. The van der Waals surface area contributed by atoms with Crippen molar-refractivity contribution in [1.82, 2.24) is 20.0 Å². The molecule has 8 nitrogen and oxygen atoms in total. The maximum atomic E-state index is 11.0. The Balaban J connectivity index is 1.41. The number of rotatable bonds is 7. The first-order chi connectivity index (χ1) is 14.6. The van der Waals surface area contributed by atoms with Crippen LogP contribution in [0.5, 0.6) is 0 Å². The predicted molar refractivity (Wildman–Crippen MR) is 114 cm³/mol. The van der Waals surface area contributed by atoms with E-state index in [-0.39, 0.29) is 24.0 Å². The van der Waals surface area contributed by atoms with Crippen LogP contribution in [0.15, 0.2) is 36.5 Å². The molecule has 0 spiro atoms. The van der Waals surface area contributed by atoms with E-state index in [9.17, 15) is 15.2 Å². The Kier molecular flexibility index (Phi) is 6.76. The van der Waals surface area contributed by atoms with Gasteiger partial charge in [-0.15, -0.1) is 0 Å². The fourth-order valence-corrected chi connectivity index (χ4v) is 4.72. The highest BCUT2D eigenvalue weighted by atomic mass is 16.6. The van der Waals surface area contributed by atoms with E-state index < -0.39 is 4.92 Å². The number of nitro groups is 1. The smallest absolute Gasteiger partial charge is 0.389 e. The molecule has 0 amide bonds. The number of aromatic nitrogens is 2. The predicted octanol–water partition coefficient (Wildman–Crippen LogP) is 3.02. The second kappa shape index (κ2) is 9.68. The standard InChI is InChI=1S/C22H31N5O3/c28-19-9-12-25(13-10-19)16-18-6-2-1-5-17(18)15-23-20-7-3-4-8-21(20)26-14-11-22(24-26)27(29)30/h1-2,5-6,11,14,19-21,23,28H,3-4,7-10,12-13,15-16H2/t20-,21+/m0/s1. The molecule has 2 N–H and O–H groups in total. The quantitative estimate of drug-likeness (QED) is 0.535. The zero-order valence-electron chi connectivity index (χ0n) is 17.3. The van der Waals surface area contributed by atoms with Crippen molar-refractivity contribution in [2.45, 2.75) is 69.8 Å². The summed E-state index contributed by atoms with van der Waals surface area (Å²) in [7, 11) is 0. The van der Waals surface area contributed by atoms with E-state index in [4.69, 9.17) is 0 Å². The van der Waals surface area contributed by atoms with Gasteiger partial charge in [0.15, 0.2) is 0 Å². The van der Waals surface area contributed by atoms with Gasteiger partial charge in [0.1, 0.15) is 0 Å². The summed E-state index contributed by atoms with van der Waals surface area (Å²) in [5.74, 6) is -0.0867. The Morgan fingerprint density at radius 3 is 2.57 bits per heavy atom. The summed E-state index contributed by atoms with van der Waals surface area (Å²) >= 11 is 0. The molecule has 2 heterocycles. The van der Waals surface area contributed by atoms with Gasteiger partial charge in [-0.2, -0.15) is 4.68 Å². The van der Waals surface area contributed by atoms with E-state index >= 15 is 0 Å². The molecule has 1 aliphatic heterocycles. The summed E-state index contributed by atoms with van der Waals surface area (Å²) in [4.78, 5) is 13.0. The van der Waals surface area contributed by atoms with Crippen LogP contribution >= 0.6 is 0 Å². The summed E-state index contributed by atoms with van der Waals surface area (Å²) < 4.78 is 1.78. The Hall–Kier alpha value is -2.29. The molecule has 8 heteroatoms. The van der Waals surface area contributed by atoms with Crippen molar-refractivity contribution in [2.24, 2.45) is 0 Å². The number of nitrogens with one attached hydrogen (secondary N) is 1. The highest BCUT2D eigenvalue weighted by Crippen LogP contribution is 2.29. The van der Waals surface area contributed by atoms with Crippen LogP contribution in [0, 0.1) is 10.1 Å². The van der Waals surface area contributed by atoms with Crippen LogP contribution in [-0.2, 0) is 13.1 Å². The summed E-state index contributed by atoms with van der Waals surface area (Å²) in [5, 5.41) is 28.7. The first kappa shape index (κ1) is 21.0. The highest BCUT2D eigenvalue weighted by Gasteiger charge is 2.30. The maximum absolute atomic E-state index is 11.0. The lowest BCUT2D eigenvalue weighted by atomic mass is 9.90. The van der Waals surface area contributed by atoms with Crippen molar-refractivity contribution in [3.8, 4) is 0 Å². The van der Waals surface area contributed by atoms with E-state index in [1.54, 1.807) is 10.9 Å². The second-order valence-corrected chi connectivity index (χ2v) is 8.53. The van der Waals surface area contributed by atoms with E-state index in [1.807, 2.05) is 0 Å². The third-order valence-corrected chi connectivity index (χ3v) is 6.47. The molecule has 0 radical (unpaired) electrons. The minimum Gasteiger partial charge on any atom is -0.393 e. The number of aliphatic hydroxyl groups excluding tert-OH is 1. The molecule has 1 aliphatic carbocycles. The zero-order chi connectivity index (χ0) is 20.9. The Morgan fingerprint density at radius 2 is 1.83 bits per heavy atom. The lowest BCUT2D eigenvalue weighted by Crippen LogP contribution is -2.40. The fourth-order valence-electron chi connectivity index (χ4n) is 4.72. The number of nitrogens with zero attached hydrogens (tertiary/aromatic N) is 4. The molecule has 4 rings (SSSR count). The van der Waals surface area contributed by atoms with Gasteiger partial charge in [0.2, 0.25) is 0 Å². The number of aliphatic hydroxyl groups is 1. The van der Waals surface area contributed by atoms with Crippen molar-refractivity contribution >= 4 is 5.82 Å². The van der Waals surface area contributed by atoms with E-state index in [2.05, 4.69) is 39.6 Å². The molecule has 1 saturated heterocycles. The van der Waals surface area contributed by atoms with Crippen molar-refractivity contribution < 1.29 is 10.0 Å². The normalized spacial score (nSPS) is 23.5. The third kappa shape index (κ3) is 5.06. The molecule has 30 heavy (non-hydrogen) atoms. The molecule has 0 bridgehead atoms. The van der Waals surface area contributed by atoms with Crippen molar-refractivity contribution in [3.05, 3.63) is 57.8 Å². The maximum Gasteiger partial charge on any atom is 0.389 e. The number of piperidine rings is 1. The number of benzene rings is 1. The molecule has 162 valence electrons. The van der Waals surface area contributed by atoms with E-state index in [0.29, 0.717) is 0 Å². The summed E-state index contributed by atoms with van der Waals surface area (Å²) in [6, 6.07) is 10.4. The summed E-state index contributed by atoms with van der Waals surface area (Å²) in [5.41, 5.74) is 2.61. The lowest BCUT2D eigenvalue weighted by Gasteiger charge is -2.32. The number of hydrogen-bond donors (Lipinski definition) is 2. The van der Waals surface area contributed by atoms with E-state index in [1.165, 1.54) is 17.2 Å². The van der Waals surface area contributed by atoms with Gasteiger partial charge in [0.05, 0.1) is 29.5 Å². The SMILES string of the molecule is O=[N+]([O-])c1ccn([C@@H]2CCCC[C@@H]2NCc2ccccc2CN2CCC(O)CC2)n1. The average molecular weight is 414 g/mol. The fraction of sp³-hybridized carbons (Fsp3) is 0.591. The van der Waals surface area contributed by atoms with Crippen molar-refractivity contribution in [2.75, 3.05) is 13.1 Å². The average Bonchev–Trinajstić information content (AvgIpc) is 3.25. The second-order valence-electron chi connectivity index (χ2n) is 8.53. The number of likely N-dealkylation sites (tertiary alicyclic amines) is 1. The van der Waals surface area contributed by atoms with E-state index in [0.717, 1.165) is 64.7 Å². The molecule has 1 saturated carbocycles. The Bertz CT molecular complexity index is 847. The Labute approximate surface area is 177 Å². The minimum atomic E-state index is -0.433. The van der Waals surface area contributed by atoms with Crippen LogP contribution in [-0.4, -0.2) is 49.9 Å². The third-order valence-electron chi connectivity index (χ3n) is 6.47. The summed E-state index contributed by atoms with van der Waals surface area (Å²) in [6.45, 7) is 3.55. The largest absolute Gasteiger partial charge is 0.393 e. The van der Waals surface area contributed by atoms with Crippen molar-refractivity contribution in [3.63, 3.8) is 0 Å². The molecule has 2 fully saturated rings. The molecule has 2 atom stereocenters. The molecular weight excluding hydrogens is 382 g/mol. The molecular formula is C22H31N5O3. The van der Waals surface area contributed by atoms with Gasteiger partial charge in [-0.25, -0.2) is 0 Å². The highest BCUT2D eigenvalue weighted by molar-refractivity contribution is 5.27. The Morgan fingerprint density at radius 1 is 1.10 bits per heavy atom. The van der Waals surface area contributed by atoms with Gasteiger partial charge in [0, 0.05) is 32.2 Å². The van der Waals surface area contributed by atoms with Gasteiger partial charge in [-0.05, 0) is 41.7 Å². The van der Waals surface area contributed by atoms with Crippen LogP contribution in [0.1, 0.15) is 55.7 Å². The van der Waals surface area contributed by atoms with Crippen LogP contribution in [0.3, 0.4) is 0 Å².